The molecule has 0 aliphatic carbocycles. The lowest BCUT2D eigenvalue weighted by atomic mass is 10.2. The molecule has 0 saturated carbocycles. The summed E-state index contributed by atoms with van der Waals surface area (Å²) in [4.78, 5) is 13.0. The number of carbonyl (C=O) groups excluding carboxylic acids is 1. The van der Waals surface area contributed by atoms with E-state index in [2.05, 4.69) is 0 Å². The van der Waals surface area contributed by atoms with E-state index < -0.39 is 5.82 Å². The summed E-state index contributed by atoms with van der Waals surface area (Å²) < 4.78 is 31.0. The number of rotatable bonds is 5. The van der Waals surface area contributed by atoms with Gasteiger partial charge in [-0.1, -0.05) is 0 Å². The van der Waals surface area contributed by atoms with Crippen LogP contribution >= 0.6 is 12.4 Å². The molecule has 0 aliphatic rings. The van der Waals surface area contributed by atoms with Gasteiger partial charge in [-0.2, -0.15) is 0 Å². The monoisotopic (exact) mass is 306 g/mol. The van der Waals surface area contributed by atoms with Gasteiger partial charge in [0.15, 0.2) is 11.6 Å². The first-order valence-corrected chi connectivity index (χ1v) is 5.61. The Labute approximate surface area is 122 Å². The number of ether oxygens (including phenoxy) is 1. The van der Waals surface area contributed by atoms with Crippen LogP contribution in [0.3, 0.4) is 0 Å². The third-order valence-electron chi connectivity index (χ3n) is 2.41. The summed E-state index contributed by atoms with van der Waals surface area (Å²) >= 11 is 0. The van der Waals surface area contributed by atoms with Crippen LogP contribution in [0.4, 0.5) is 8.78 Å². The lowest BCUT2D eigenvalue weighted by molar-refractivity contribution is 0.0827. The van der Waals surface area contributed by atoms with Gasteiger partial charge < -0.3 is 15.4 Å². The predicted octanol–water partition coefficient (Wildman–Crippen LogP) is 2.14. The molecule has 20 heavy (non-hydrogen) atoms. The number of halogens is 3. The number of nitrogens with two attached hydrogens (primary N) is 1. The average Bonchev–Trinajstić information content (AvgIpc) is 2.40. The smallest absolute Gasteiger partial charge is 0.253 e. The zero-order valence-corrected chi connectivity index (χ0v) is 12.0. The second-order valence-electron chi connectivity index (χ2n) is 4.10. The molecule has 0 spiro atoms. The molecule has 0 heterocycles. The maximum Gasteiger partial charge on any atom is 0.253 e. The van der Waals surface area contributed by atoms with Gasteiger partial charge in [0.05, 0.1) is 6.33 Å². The highest BCUT2D eigenvalue weighted by Crippen LogP contribution is 2.19. The van der Waals surface area contributed by atoms with E-state index in [-0.39, 0.29) is 48.4 Å². The first-order valence-electron chi connectivity index (χ1n) is 5.61. The number of benzene rings is 1. The molecule has 0 saturated heterocycles. The van der Waals surface area contributed by atoms with Crippen LogP contribution in [-0.2, 0) is 0 Å². The number of nitrogens with zero attached hydrogens (tertiary/aromatic N) is 1. The Hall–Kier alpha value is -1.66. The Morgan fingerprint density at radius 2 is 2.10 bits per heavy atom. The molecule has 2 N–H and O–H groups in total. The lowest BCUT2D eigenvalue weighted by Gasteiger charge is -2.12. The van der Waals surface area contributed by atoms with Crippen molar-refractivity contribution in [1.29, 1.82) is 0 Å². The fourth-order valence-electron chi connectivity index (χ4n) is 1.31. The van der Waals surface area contributed by atoms with Crippen molar-refractivity contribution < 1.29 is 18.3 Å². The molecule has 0 bridgehead atoms. The quantitative estimate of drug-likeness (QED) is 0.907. The number of hydrogen-bond donors (Lipinski definition) is 1. The molecule has 0 atom stereocenters. The van der Waals surface area contributed by atoms with Crippen LogP contribution in [0.15, 0.2) is 30.1 Å². The molecule has 0 aromatic heterocycles. The molecule has 0 unspecified atom stereocenters. The van der Waals surface area contributed by atoms with Gasteiger partial charge in [-0.15, -0.1) is 12.4 Å². The molecule has 1 rings (SSSR count). The lowest BCUT2D eigenvalue weighted by Crippen LogP contribution is -2.21. The second kappa shape index (κ2) is 8.50. The zero-order chi connectivity index (χ0) is 14.4. The minimum atomic E-state index is -0.678. The summed E-state index contributed by atoms with van der Waals surface area (Å²) in [6.07, 6.45) is 0.335. The average molecular weight is 307 g/mol. The SMILES string of the molecule is CN(C)C(=O)c1ccc(OCC(=CF)CN)c(F)c1.Cl. The van der Waals surface area contributed by atoms with Crippen LogP contribution in [0.5, 0.6) is 5.75 Å². The van der Waals surface area contributed by atoms with Gasteiger partial charge in [0.25, 0.3) is 5.91 Å². The summed E-state index contributed by atoms with van der Waals surface area (Å²) in [7, 11) is 3.15. The van der Waals surface area contributed by atoms with E-state index in [4.69, 9.17) is 10.5 Å². The molecule has 0 fully saturated rings. The van der Waals surface area contributed by atoms with Crippen LogP contribution in [0, 0.1) is 5.82 Å². The Morgan fingerprint density at radius 1 is 1.45 bits per heavy atom. The van der Waals surface area contributed by atoms with Crippen molar-refractivity contribution in [2.45, 2.75) is 0 Å². The standard InChI is InChI=1S/C13H16F2N2O2.ClH/c1-17(2)13(18)10-3-4-12(11(15)5-10)19-8-9(6-14)7-16;/h3-6H,7-8,16H2,1-2H3;1H. The Kier molecular flexibility index (Phi) is 7.79. The van der Waals surface area contributed by atoms with Crippen molar-refractivity contribution in [3.05, 3.63) is 41.5 Å². The topological polar surface area (TPSA) is 55.6 Å². The first kappa shape index (κ1) is 18.3. The van der Waals surface area contributed by atoms with Crippen molar-refractivity contribution in [3.63, 3.8) is 0 Å². The van der Waals surface area contributed by atoms with E-state index in [1.54, 1.807) is 14.1 Å². The van der Waals surface area contributed by atoms with Crippen molar-refractivity contribution in [3.8, 4) is 5.75 Å². The molecule has 7 heteroatoms. The minimum absolute atomic E-state index is 0. The van der Waals surface area contributed by atoms with Crippen LogP contribution < -0.4 is 10.5 Å². The predicted molar refractivity (Wildman–Crippen MR) is 75.4 cm³/mol. The summed E-state index contributed by atoms with van der Waals surface area (Å²) in [5.41, 5.74) is 5.68. The van der Waals surface area contributed by atoms with Gasteiger partial charge in [-0.05, 0) is 18.2 Å². The first-order chi connectivity index (χ1) is 8.99. The van der Waals surface area contributed by atoms with E-state index >= 15 is 0 Å². The van der Waals surface area contributed by atoms with Gasteiger partial charge in [-0.25, -0.2) is 8.78 Å². The number of amides is 1. The van der Waals surface area contributed by atoms with Crippen molar-refractivity contribution in [2.24, 2.45) is 5.73 Å². The van der Waals surface area contributed by atoms with Crippen LogP contribution in [-0.4, -0.2) is 38.1 Å². The molecule has 0 aliphatic heterocycles. The summed E-state index contributed by atoms with van der Waals surface area (Å²) in [6, 6.07) is 3.86. The van der Waals surface area contributed by atoms with Gasteiger partial charge in [0.1, 0.15) is 6.61 Å². The molecular formula is C13H17ClF2N2O2. The third-order valence-corrected chi connectivity index (χ3v) is 2.41. The number of hydrogen-bond acceptors (Lipinski definition) is 3. The highest BCUT2D eigenvalue weighted by atomic mass is 35.5. The summed E-state index contributed by atoms with van der Waals surface area (Å²) in [6.45, 7) is -0.139. The fraction of sp³-hybridized carbons (Fsp3) is 0.308. The van der Waals surface area contributed by atoms with E-state index in [1.165, 1.54) is 17.0 Å². The number of carbonyl (C=O) groups is 1. The fourth-order valence-corrected chi connectivity index (χ4v) is 1.31. The molecule has 1 aromatic rings. The maximum atomic E-state index is 13.7. The van der Waals surface area contributed by atoms with Gasteiger partial charge in [-0.3, -0.25) is 4.79 Å². The normalized spacial score (nSPS) is 10.8. The Bertz CT molecular complexity index is 493. The summed E-state index contributed by atoms with van der Waals surface area (Å²) in [5, 5.41) is 0. The molecule has 1 amide bonds. The van der Waals surface area contributed by atoms with Crippen LogP contribution in [0.1, 0.15) is 10.4 Å². The van der Waals surface area contributed by atoms with E-state index in [1.807, 2.05) is 0 Å². The largest absolute Gasteiger partial charge is 0.486 e. The summed E-state index contributed by atoms with van der Waals surface area (Å²) in [5.74, 6) is -1.04. The van der Waals surface area contributed by atoms with Crippen molar-refractivity contribution in [2.75, 3.05) is 27.2 Å². The zero-order valence-electron chi connectivity index (χ0n) is 11.2. The van der Waals surface area contributed by atoms with Gasteiger partial charge in [0.2, 0.25) is 0 Å². The highest BCUT2D eigenvalue weighted by Gasteiger charge is 2.12. The third kappa shape index (κ3) is 4.79. The maximum absolute atomic E-state index is 13.7. The van der Waals surface area contributed by atoms with Crippen LogP contribution in [0.25, 0.3) is 0 Å². The second-order valence-corrected chi connectivity index (χ2v) is 4.10. The van der Waals surface area contributed by atoms with Crippen LogP contribution in [0.2, 0.25) is 0 Å². The molecule has 112 valence electrons. The molecule has 0 radical (unpaired) electrons. The van der Waals surface area contributed by atoms with Crippen molar-refractivity contribution >= 4 is 18.3 Å². The Balaban J connectivity index is 0.00000361. The van der Waals surface area contributed by atoms with Gasteiger partial charge >= 0.3 is 0 Å². The van der Waals surface area contributed by atoms with E-state index in [0.29, 0.717) is 6.33 Å². The highest BCUT2D eigenvalue weighted by molar-refractivity contribution is 5.94. The molecule has 1 aromatic carbocycles. The molecule has 4 nitrogen and oxygen atoms in total. The molecular weight excluding hydrogens is 290 g/mol. The Morgan fingerprint density at radius 3 is 2.55 bits per heavy atom. The van der Waals surface area contributed by atoms with E-state index in [9.17, 15) is 13.6 Å². The van der Waals surface area contributed by atoms with Crippen molar-refractivity contribution in [1.82, 2.24) is 4.90 Å². The van der Waals surface area contributed by atoms with Gasteiger partial charge in [0, 0.05) is 31.8 Å². The minimum Gasteiger partial charge on any atom is -0.486 e. The van der Waals surface area contributed by atoms with E-state index in [0.717, 1.165) is 6.07 Å².